The van der Waals surface area contributed by atoms with Crippen molar-refractivity contribution in [1.82, 2.24) is 4.90 Å². The van der Waals surface area contributed by atoms with E-state index in [1.807, 2.05) is 29.2 Å². The van der Waals surface area contributed by atoms with Crippen LogP contribution in [0, 0.1) is 0 Å². The van der Waals surface area contributed by atoms with Gasteiger partial charge in [0.25, 0.3) is 16.0 Å². The molecule has 2 aliphatic heterocycles. The van der Waals surface area contributed by atoms with E-state index >= 15 is 0 Å². The molecule has 0 atom stereocenters. The molecule has 1 fully saturated rings. The average molecular weight is 483 g/mol. The van der Waals surface area contributed by atoms with Crippen LogP contribution in [0.5, 0.6) is 0 Å². The Morgan fingerprint density at radius 3 is 2.52 bits per heavy atom. The first-order chi connectivity index (χ1) is 13.2. The second-order valence-corrected chi connectivity index (χ2v) is 10.2. The Balaban J connectivity index is 0.00000300. The number of para-hydroxylation sites is 1. The van der Waals surface area contributed by atoms with Crippen LogP contribution in [0.15, 0.2) is 39.1 Å². The first kappa shape index (κ1) is 24.7. The third-order valence-electron chi connectivity index (χ3n) is 3.97. The molecule has 2 aliphatic rings. The number of benzene rings is 1. The summed E-state index contributed by atoms with van der Waals surface area (Å²) in [5.74, 6) is -2.22. The Morgan fingerprint density at radius 2 is 1.86 bits per heavy atom. The van der Waals surface area contributed by atoms with E-state index in [-0.39, 0.29) is 46.1 Å². The summed E-state index contributed by atoms with van der Waals surface area (Å²) in [6, 6.07) is 7.52. The third kappa shape index (κ3) is 5.97. The van der Waals surface area contributed by atoms with Gasteiger partial charge in [-0.25, -0.2) is 0 Å². The van der Waals surface area contributed by atoms with Gasteiger partial charge in [0.1, 0.15) is 14.3 Å². The molecule has 2 heterocycles. The van der Waals surface area contributed by atoms with Crippen LogP contribution in [0.25, 0.3) is 0 Å². The number of thioether (sulfide) groups is 2. The number of unbranched alkanes of at least 4 members (excludes halogenated alkanes) is 1. The molecule has 13 heteroatoms. The molecule has 0 aliphatic carbocycles. The van der Waals surface area contributed by atoms with E-state index in [4.69, 9.17) is 16.8 Å². The molecule has 8 nitrogen and oxygen atoms in total. The topological polar surface area (TPSA) is 118 Å². The van der Waals surface area contributed by atoms with Crippen LogP contribution >= 0.6 is 35.7 Å². The largest absolute Gasteiger partial charge is 1.00 e. The van der Waals surface area contributed by atoms with Crippen molar-refractivity contribution in [2.45, 2.75) is 17.7 Å². The average Bonchev–Trinajstić information content (AvgIpc) is 3.10. The molecule has 1 saturated heterocycles. The third-order valence-corrected chi connectivity index (χ3v) is 7.53. The maximum atomic E-state index is 12.7. The van der Waals surface area contributed by atoms with Crippen molar-refractivity contribution < 1.29 is 57.2 Å². The molecule has 1 aromatic carbocycles. The molecule has 0 saturated carbocycles. The Labute approximate surface area is 204 Å². The van der Waals surface area contributed by atoms with Gasteiger partial charge in [-0.1, -0.05) is 47.9 Å². The number of carbonyl (C=O) groups is 2. The first-order valence-electron chi connectivity index (χ1n) is 8.15. The van der Waals surface area contributed by atoms with Gasteiger partial charge in [-0.3, -0.25) is 14.2 Å². The predicted molar refractivity (Wildman–Crippen MR) is 109 cm³/mol. The van der Waals surface area contributed by atoms with E-state index in [2.05, 4.69) is 0 Å². The Morgan fingerprint density at radius 1 is 1.17 bits per heavy atom. The normalized spacial score (nSPS) is 18.8. The predicted octanol–water partition coefficient (Wildman–Crippen LogP) is -1.95. The van der Waals surface area contributed by atoms with Crippen molar-refractivity contribution in [2.24, 2.45) is 0 Å². The van der Waals surface area contributed by atoms with Crippen molar-refractivity contribution in [3.05, 3.63) is 34.2 Å². The molecule has 0 aromatic heterocycles. The zero-order valence-electron chi connectivity index (χ0n) is 15.4. The maximum Gasteiger partial charge on any atom is 1.00 e. The number of fused-ring (bicyclic) bond motifs is 1. The summed E-state index contributed by atoms with van der Waals surface area (Å²) in [6.45, 7) is -0.174. The van der Waals surface area contributed by atoms with Crippen LogP contribution in [-0.2, 0) is 19.7 Å². The van der Waals surface area contributed by atoms with Crippen molar-refractivity contribution in [1.29, 1.82) is 0 Å². The standard InChI is InChI=1S/C16H16N2O6S4.Na/c19-12(20)9-18-14(21)13(27-16(18)25)15-17(7-3-4-8-28(22,23)24)10-5-1-2-6-11(10)26-15;/h1-2,5-6H,3-4,7-9H2,(H,19,20)(H,22,23,24);/q;+1/p-1/b15-13-;. The Bertz CT molecular complexity index is 981. The van der Waals surface area contributed by atoms with Gasteiger partial charge in [0, 0.05) is 11.4 Å². The number of hydrogen-bond acceptors (Lipinski definition) is 9. The second kappa shape index (κ2) is 10.1. The summed E-state index contributed by atoms with van der Waals surface area (Å²) < 4.78 is 30.9. The fraction of sp³-hybridized carbons (Fsp3) is 0.312. The van der Waals surface area contributed by atoms with E-state index in [0.29, 0.717) is 22.9 Å². The first-order valence-corrected chi connectivity index (χ1v) is 11.8. The van der Waals surface area contributed by atoms with E-state index in [0.717, 1.165) is 27.2 Å². The Kier molecular flexibility index (Phi) is 8.62. The molecular weight excluding hydrogens is 467 g/mol. The molecule has 1 N–H and O–H groups in total. The number of anilines is 1. The van der Waals surface area contributed by atoms with E-state index in [9.17, 15) is 23.1 Å². The smallest absolute Gasteiger partial charge is 0.548 e. The van der Waals surface area contributed by atoms with E-state index in [1.54, 1.807) is 0 Å². The van der Waals surface area contributed by atoms with Gasteiger partial charge in [0.2, 0.25) is 0 Å². The van der Waals surface area contributed by atoms with E-state index in [1.165, 1.54) is 11.8 Å². The number of carboxylic acid groups (broad SMARTS) is 1. The van der Waals surface area contributed by atoms with Gasteiger partial charge >= 0.3 is 29.6 Å². The van der Waals surface area contributed by atoms with Crippen LogP contribution in [-0.4, -0.2) is 52.9 Å². The SMILES string of the molecule is O=C([O-])CN1C(=O)/C(=C2/Sc3ccccc3N2CCCCS(=O)(=O)O)SC1=S.[Na+]. The molecule has 3 rings (SSSR count). The second-order valence-electron chi connectivity index (χ2n) is 5.98. The minimum atomic E-state index is -4.02. The van der Waals surface area contributed by atoms with Crippen molar-refractivity contribution in [2.75, 3.05) is 23.7 Å². The van der Waals surface area contributed by atoms with Crippen molar-refractivity contribution in [3.8, 4) is 0 Å². The number of aliphatic carboxylic acids is 1. The molecule has 1 amide bonds. The van der Waals surface area contributed by atoms with Crippen LogP contribution in [0.1, 0.15) is 12.8 Å². The molecule has 0 bridgehead atoms. The van der Waals surface area contributed by atoms with Gasteiger partial charge in [-0.15, -0.1) is 0 Å². The summed E-state index contributed by atoms with van der Waals surface area (Å²) in [7, 11) is -4.02. The zero-order valence-corrected chi connectivity index (χ0v) is 20.6. The van der Waals surface area contributed by atoms with Crippen LogP contribution < -0.4 is 39.6 Å². The quantitative estimate of drug-likeness (QED) is 0.154. The van der Waals surface area contributed by atoms with Gasteiger partial charge in [0.15, 0.2) is 0 Å². The van der Waals surface area contributed by atoms with Gasteiger partial charge in [0.05, 0.1) is 24.0 Å². The molecule has 150 valence electrons. The molecule has 0 unspecified atom stereocenters. The van der Waals surface area contributed by atoms with E-state index < -0.39 is 28.5 Å². The molecular formula is C16H15N2NaO6S4. The van der Waals surface area contributed by atoms with Gasteiger partial charge in [-0.2, -0.15) is 8.42 Å². The fourth-order valence-corrected chi connectivity index (χ4v) is 5.93. The number of carboxylic acids is 1. The number of carbonyl (C=O) groups excluding carboxylic acids is 2. The summed E-state index contributed by atoms with van der Waals surface area (Å²) in [6.07, 6.45) is 0.735. The molecule has 1 aromatic rings. The summed E-state index contributed by atoms with van der Waals surface area (Å²) in [4.78, 5) is 27.8. The van der Waals surface area contributed by atoms with Gasteiger partial charge < -0.3 is 14.8 Å². The molecule has 0 spiro atoms. The number of thiocarbonyl (C=S) groups is 1. The van der Waals surface area contributed by atoms with Crippen LogP contribution in [0.3, 0.4) is 0 Å². The van der Waals surface area contributed by atoms with Crippen LogP contribution in [0.4, 0.5) is 5.69 Å². The minimum Gasteiger partial charge on any atom is -0.548 e. The zero-order chi connectivity index (χ0) is 20.5. The summed E-state index contributed by atoms with van der Waals surface area (Å²) in [5, 5.41) is 11.5. The fourth-order valence-electron chi connectivity index (χ4n) is 2.77. The number of amides is 1. The summed E-state index contributed by atoms with van der Waals surface area (Å²) >= 11 is 7.56. The number of hydrogen-bond donors (Lipinski definition) is 1. The minimum absolute atomic E-state index is 0. The van der Waals surface area contributed by atoms with Crippen molar-refractivity contribution >= 4 is 67.7 Å². The molecule has 29 heavy (non-hydrogen) atoms. The monoisotopic (exact) mass is 482 g/mol. The van der Waals surface area contributed by atoms with Gasteiger partial charge in [-0.05, 0) is 25.0 Å². The summed E-state index contributed by atoms with van der Waals surface area (Å²) in [5.41, 5.74) is 0.875. The Hall–Kier alpha value is -0.600. The maximum absolute atomic E-state index is 12.7. The number of rotatable bonds is 7. The van der Waals surface area contributed by atoms with Crippen LogP contribution in [0.2, 0.25) is 0 Å². The number of nitrogens with zero attached hydrogens (tertiary/aromatic N) is 2. The van der Waals surface area contributed by atoms with Crippen molar-refractivity contribution in [3.63, 3.8) is 0 Å². The molecule has 0 radical (unpaired) electrons.